The van der Waals surface area contributed by atoms with Gasteiger partial charge in [-0.2, -0.15) is 0 Å². The van der Waals surface area contributed by atoms with Crippen LogP contribution in [0.4, 0.5) is 10.1 Å². The van der Waals surface area contributed by atoms with Crippen LogP contribution in [-0.2, 0) is 6.42 Å². The lowest BCUT2D eigenvalue weighted by atomic mass is 10.1. The molecular weight excluding hydrogens is 193 g/mol. The van der Waals surface area contributed by atoms with E-state index in [1.165, 1.54) is 6.07 Å². The Bertz CT molecular complexity index is 323. The van der Waals surface area contributed by atoms with Crippen LogP contribution in [0.15, 0.2) is 18.2 Å². The van der Waals surface area contributed by atoms with Gasteiger partial charge in [0.15, 0.2) is 0 Å². The Morgan fingerprint density at radius 3 is 2.53 bits per heavy atom. The highest BCUT2D eigenvalue weighted by Gasteiger charge is 2.05. The summed E-state index contributed by atoms with van der Waals surface area (Å²) in [7, 11) is 3.63. The summed E-state index contributed by atoms with van der Waals surface area (Å²) < 4.78 is 13.5. The lowest BCUT2D eigenvalue weighted by Crippen LogP contribution is -2.11. The molecule has 0 aliphatic carbocycles. The minimum absolute atomic E-state index is 0.205. The van der Waals surface area contributed by atoms with Crippen molar-refractivity contribution in [3.8, 4) is 0 Å². The van der Waals surface area contributed by atoms with E-state index in [-0.39, 0.29) is 11.9 Å². The largest absolute Gasteiger partial charge is 0.393 e. The molecule has 0 bridgehead atoms. The number of benzene rings is 1. The van der Waals surface area contributed by atoms with E-state index < -0.39 is 0 Å². The highest BCUT2D eigenvalue weighted by molar-refractivity contribution is 5.47. The molecule has 1 unspecified atom stereocenters. The number of nitrogens with zero attached hydrogens (tertiary/aromatic N) is 1. The SMILES string of the molecule is CC(O)CCc1ccc(N(C)C)c(F)c1. The molecule has 1 N–H and O–H groups in total. The normalized spacial score (nSPS) is 12.6. The number of rotatable bonds is 4. The van der Waals surface area contributed by atoms with Crippen molar-refractivity contribution in [1.29, 1.82) is 0 Å². The van der Waals surface area contributed by atoms with E-state index in [0.717, 1.165) is 5.56 Å². The van der Waals surface area contributed by atoms with Gasteiger partial charge < -0.3 is 10.0 Å². The maximum absolute atomic E-state index is 13.5. The van der Waals surface area contributed by atoms with E-state index in [1.54, 1.807) is 17.9 Å². The molecule has 3 heteroatoms. The predicted molar refractivity (Wildman–Crippen MR) is 60.7 cm³/mol. The van der Waals surface area contributed by atoms with Crippen molar-refractivity contribution in [2.75, 3.05) is 19.0 Å². The molecule has 1 aromatic carbocycles. The molecule has 0 saturated heterocycles. The molecule has 0 aliphatic heterocycles. The summed E-state index contributed by atoms with van der Waals surface area (Å²) in [5, 5.41) is 9.12. The van der Waals surface area contributed by atoms with Crippen LogP contribution in [0, 0.1) is 5.82 Å². The molecule has 0 saturated carbocycles. The zero-order valence-electron chi connectivity index (χ0n) is 9.50. The monoisotopic (exact) mass is 211 g/mol. The summed E-state index contributed by atoms with van der Waals surface area (Å²) in [6.45, 7) is 1.74. The Labute approximate surface area is 90.3 Å². The van der Waals surface area contributed by atoms with Crippen LogP contribution >= 0.6 is 0 Å². The topological polar surface area (TPSA) is 23.5 Å². The first-order chi connectivity index (χ1) is 7.00. The number of aliphatic hydroxyl groups excluding tert-OH is 1. The zero-order valence-corrected chi connectivity index (χ0v) is 9.50. The second-order valence-electron chi connectivity index (χ2n) is 4.07. The number of halogens is 1. The van der Waals surface area contributed by atoms with Crippen molar-refractivity contribution in [2.45, 2.75) is 25.9 Å². The standard InChI is InChI=1S/C12H18FNO/c1-9(15)4-5-10-6-7-12(14(2)3)11(13)8-10/h6-9,15H,4-5H2,1-3H3. The third-order valence-corrected chi connectivity index (χ3v) is 2.34. The van der Waals surface area contributed by atoms with E-state index in [4.69, 9.17) is 5.11 Å². The highest BCUT2D eigenvalue weighted by Crippen LogP contribution is 2.19. The molecule has 0 aliphatic rings. The van der Waals surface area contributed by atoms with E-state index in [0.29, 0.717) is 18.5 Å². The van der Waals surface area contributed by atoms with Crippen molar-refractivity contribution in [1.82, 2.24) is 0 Å². The molecule has 1 rings (SSSR count). The van der Waals surface area contributed by atoms with Gasteiger partial charge in [-0.25, -0.2) is 4.39 Å². The average Bonchev–Trinajstić information content (AvgIpc) is 2.14. The highest BCUT2D eigenvalue weighted by atomic mass is 19.1. The van der Waals surface area contributed by atoms with Gasteiger partial charge in [-0.3, -0.25) is 0 Å². The van der Waals surface area contributed by atoms with Gasteiger partial charge >= 0.3 is 0 Å². The summed E-state index contributed by atoms with van der Waals surface area (Å²) in [5.74, 6) is -0.205. The van der Waals surface area contributed by atoms with Crippen molar-refractivity contribution < 1.29 is 9.50 Å². The van der Waals surface area contributed by atoms with Crippen molar-refractivity contribution in [3.63, 3.8) is 0 Å². The minimum atomic E-state index is -0.332. The fourth-order valence-electron chi connectivity index (χ4n) is 1.44. The second-order valence-corrected chi connectivity index (χ2v) is 4.07. The van der Waals surface area contributed by atoms with Gasteiger partial charge in [0.2, 0.25) is 0 Å². The Kier molecular flexibility index (Phi) is 4.09. The van der Waals surface area contributed by atoms with E-state index in [9.17, 15) is 4.39 Å². The fourth-order valence-corrected chi connectivity index (χ4v) is 1.44. The van der Waals surface area contributed by atoms with Gasteiger partial charge in [0.25, 0.3) is 0 Å². The van der Waals surface area contributed by atoms with E-state index in [2.05, 4.69) is 0 Å². The molecule has 0 amide bonds. The minimum Gasteiger partial charge on any atom is -0.393 e. The van der Waals surface area contributed by atoms with Crippen molar-refractivity contribution in [2.24, 2.45) is 0 Å². The van der Waals surface area contributed by atoms with Crippen LogP contribution in [-0.4, -0.2) is 25.3 Å². The first-order valence-corrected chi connectivity index (χ1v) is 5.14. The molecule has 0 radical (unpaired) electrons. The third kappa shape index (κ3) is 3.51. The number of hydrogen-bond donors (Lipinski definition) is 1. The summed E-state index contributed by atoms with van der Waals surface area (Å²) in [4.78, 5) is 1.74. The van der Waals surface area contributed by atoms with Crippen LogP contribution in [0.25, 0.3) is 0 Å². The molecule has 15 heavy (non-hydrogen) atoms. The molecule has 1 atom stereocenters. The molecule has 0 heterocycles. The molecule has 2 nitrogen and oxygen atoms in total. The summed E-state index contributed by atoms with van der Waals surface area (Å²) >= 11 is 0. The smallest absolute Gasteiger partial charge is 0.146 e. The fraction of sp³-hybridized carbons (Fsp3) is 0.500. The van der Waals surface area contributed by atoms with Gasteiger partial charge in [-0.05, 0) is 37.5 Å². The molecule has 1 aromatic rings. The molecule has 0 aromatic heterocycles. The average molecular weight is 211 g/mol. The van der Waals surface area contributed by atoms with Crippen molar-refractivity contribution in [3.05, 3.63) is 29.6 Å². The Balaban J connectivity index is 2.73. The lowest BCUT2D eigenvalue weighted by molar-refractivity contribution is 0.185. The number of hydrogen-bond acceptors (Lipinski definition) is 2. The molecule has 0 fully saturated rings. The third-order valence-electron chi connectivity index (χ3n) is 2.34. The molecule has 84 valence electrons. The summed E-state index contributed by atoms with van der Waals surface area (Å²) in [5.41, 5.74) is 1.52. The van der Waals surface area contributed by atoms with Crippen LogP contribution in [0.3, 0.4) is 0 Å². The Hall–Kier alpha value is -1.09. The molecular formula is C12H18FNO. The van der Waals surface area contributed by atoms with Crippen LogP contribution in [0.2, 0.25) is 0 Å². The summed E-state index contributed by atoms with van der Waals surface area (Å²) in [6, 6.07) is 5.21. The first-order valence-electron chi connectivity index (χ1n) is 5.14. The second kappa shape index (κ2) is 5.12. The Morgan fingerprint density at radius 2 is 2.07 bits per heavy atom. The van der Waals surface area contributed by atoms with Gasteiger partial charge in [-0.1, -0.05) is 6.07 Å². The number of aliphatic hydroxyl groups is 1. The van der Waals surface area contributed by atoms with Crippen LogP contribution in [0.5, 0.6) is 0 Å². The van der Waals surface area contributed by atoms with Crippen LogP contribution < -0.4 is 4.90 Å². The molecule has 0 spiro atoms. The van der Waals surface area contributed by atoms with E-state index in [1.807, 2.05) is 20.2 Å². The van der Waals surface area contributed by atoms with Gasteiger partial charge in [0.05, 0.1) is 11.8 Å². The Morgan fingerprint density at radius 1 is 1.40 bits per heavy atom. The summed E-state index contributed by atoms with van der Waals surface area (Å²) in [6.07, 6.45) is 1.05. The van der Waals surface area contributed by atoms with Gasteiger partial charge in [0.1, 0.15) is 5.82 Å². The number of anilines is 1. The predicted octanol–water partition coefficient (Wildman–Crippen LogP) is 2.21. The maximum atomic E-state index is 13.5. The van der Waals surface area contributed by atoms with Gasteiger partial charge in [0, 0.05) is 14.1 Å². The van der Waals surface area contributed by atoms with E-state index >= 15 is 0 Å². The quantitative estimate of drug-likeness (QED) is 0.825. The maximum Gasteiger partial charge on any atom is 0.146 e. The number of aryl methyl sites for hydroxylation is 1. The first kappa shape index (κ1) is 12.0. The lowest BCUT2D eigenvalue weighted by Gasteiger charge is -2.14. The zero-order chi connectivity index (χ0) is 11.4. The van der Waals surface area contributed by atoms with Gasteiger partial charge in [-0.15, -0.1) is 0 Å². The van der Waals surface area contributed by atoms with Crippen molar-refractivity contribution >= 4 is 5.69 Å². The van der Waals surface area contributed by atoms with Crippen LogP contribution in [0.1, 0.15) is 18.9 Å².